The van der Waals surface area contributed by atoms with E-state index in [4.69, 9.17) is 11.6 Å². The van der Waals surface area contributed by atoms with Crippen molar-refractivity contribution in [1.82, 2.24) is 10.0 Å². The van der Waals surface area contributed by atoms with Crippen LogP contribution in [0.15, 0.2) is 23.1 Å². The van der Waals surface area contributed by atoms with Gasteiger partial charge in [0, 0.05) is 24.2 Å². The molecule has 0 amide bonds. The number of sulfonamides is 1. The molecule has 16 heavy (non-hydrogen) atoms. The van der Waals surface area contributed by atoms with Crippen LogP contribution in [0.2, 0.25) is 5.02 Å². The number of hydrogen-bond donors (Lipinski definition) is 2. The van der Waals surface area contributed by atoms with Crippen LogP contribution in [0.3, 0.4) is 0 Å². The van der Waals surface area contributed by atoms with Crippen molar-refractivity contribution in [2.75, 3.05) is 13.1 Å². The zero-order valence-corrected chi connectivity index (χ0v) is 9.78. The zero-order chi connectivity index (χ0) is 11.8. The number of nitrogens with one attached hydrogen (secondary N) is 2. The van der Waals surface area contributed by atoms with Gasteiger partial charge in [0.2, 0.25) is 10.0 Å². The minimum atomic E-state index is -3.79. The summed E-state index contributed by atoms with van der Waals surface area (Å²) in [7, 11) is -3.79. The van der Waals surface area contributed by atoms with Gasteiger partial charge in [-0.05, 0) is 18.2 Å². The molecular weight excluding hydrogens is 255 g/mol. The Morgan fingerprint density at radius 1 is 1.44 bits per heavy atom. The van der Waals surface area contributed by atoms with Crippen LogP contribution in [0.5, 0.6) is 0 Å². The lowest BCUT2D eigenvalue weighted by atomic mass is 10.2. The fourth-order valence-electron chi connectivity index (χ4n) is 1.35. The smallest absolute Gasteiger partial charge is 0.243 e. The van der Waals surface area contributed by atoms with Gasteiger partial charge < -0.3 is 5.32 Å². The molecule has 4 nitrogen and oxygen atoms in total. The van der Waals surface area contributed by atoms with Gasteiger partial charge in [0.1, 0.15) is 10.7 Å². The molecule has 1 fully saturated rings. The lowest BCUT2D eigenvalue weighted by Crippen LogP contribution is -2.56. The predicted molar refractivity (Wildman–Crippen MR) is 58.4 cm³/mol. The van der Waals surface area contributed by atoms with Crippen molar-refractivity contribution >= 4 is 21.6 Å². The highest BCUT2D eigenvalue weighted by molar-refractivity contribution is 7.89. The predicted octanol–water partition coefficient (Wildman–Crippen LogP) is 0.729. The van der Waals surface area contributed by atoms with Gasteiger partial charge in [0.15, 0.2) is 0 Å². The molecule has 7 heteroatoms. The molecule has 0 unspecified atom stereocenters. The monoisotopic (exact) mass is 264 g/mol. The molecule has 1 aromatic rings. The van der Waals surface area contributed by atoms with E-state index >= 15 is 0 Å². The first-order valence-electron chi connectivity index (χ1n) is 4.67. The van der Waals surface area contributed by atoms with Gasteiger partial charge in [0.05, 0.1) is 0 Å². The fourth-order valence-corrected chi connectivity index (χ4v) is 2.80. The van der Waals surface area contributed by atoms with Crippen molar-refractivity contribution in [1.29, 1.82) is 0 Å². The van der Waals surface area contributed by atoms with Crippen LogP contribution in [-0.4, -0.2) is 27.5 Å². The Bertz CT molecular complexity index is 502. The van der Waals surface area contributed by atoms with E-state index in [1.54, 1.807) is 0 Å². The molecule has 1 aliphatic rings. The Balaban J connectivity index is 2.27. The molecule has 88 valence electrons. The minimum absolute atomic E-state index is 0.167. The van der Waals surface area contributed by atoms with Gasteiger partial charge in [0.25, 0.3) is 0 Å². The third kappa shape index (κ3) is 2.35. The summed E-state index contributed by atoms with van der Waals surface area (Å²) in [4.78, 5) is -0.371. The van der Waals surface area contributed by atoms with Crippen LogP contribution in [0.4, 0.5) is 4.39 Å². The summed E-state index contributed by atoms with van der Waals surface area (Å²) < 4.78 is 39.3. The molecule has 0 radical (unpaired) electrons. The molecule has 0 bridgehead atoms. The van der Waals surface area contributed by atoms with Crippen LogP contribution in [0, 0.1) is 5.82 Å². The quantitative estimate of drug-likeness (QED) is 0.846. The molecule has 0 spiro atoms. The molecular formula is C9H10ClFN2O2S. The summed E-state index contributed by atoms with van der Waals surface area (Å²) >= 11 is 5.55. The first-order chi connectivity index (χ1) is 7.49. The van der Waals surface area contributed by atoms with Gasteiger partial charge in [-0.15, -0.1) is 0 Å². The number of hydrogen-bond acceptors (Lipinski definition) is 3. The van der Waals surface area contributed by atoms with Gasteiger partial charge >= 0.3 is 0 Å². The second-order valence-electron chi connectivity index (χ2n) is 3.55. The molecule has 2 rings (SSSR count). The van der Waals surface area contributed by atoms with Crippen LogP contribution in [0.25, 0.3) is 0 Å². The molecule has 2 N–H and O–H groups in total. The molecule has 0 atom stereocenters. The SMILES string of the molecule is O=S(=O)(NC1CNC1)c1ccc(Cl)cc1F. The number of halogens is 2. The largest absolute Gasteiger partial charge is 0.313 e. The highest BCUT2D eigenvalue weighted by Gasteiger charge is 2.26. The Hall–Kier alpha value is -0.690. The van der Waals surface area contributed by atoms with Crippen molar-refractivity contribution in [3.05, 3.63) is 29.0 Å². The van der Waals surface area contributed by atoms with E-state index in [2.05, 4.69) is 10.0 Å². The molecule has 1 heterocycles. The molecule has 0 aromatic heterocycles. The van der Waals surface area contributed by atoms with Gasteiger partial charge in [-0.3, -0.25) is 0 Å². The van der Waals surface area contributed by atoms with Crippen LogP contribution < -0.4 is 10.0 Å². The Morgan fingerprint density at radius 2 is 2.12 bits per heavy atom. The van der Waals surface area contributed by atoms with Crippen LogP contribution in [0.1, 0.15) is 0 Å². The first-order valence-corrected chi connectivity index (χ1v) is 6.53. The standard InChI is InChI=1S/C9H10ClFN2O2S/c10-6-1-2-9(8(11)3-6)16(14,15)13-7-4-12-5-7/h1-3,7,12-13H,4-5H2. The van der Waals surface area contributed by atoms with E-state index in [9.17, 15) is 12.8 Å². The highest BCUT2D eigenvalue weighted by Crippen LogP contribution is 2.19. The van der Waals surface area contributed by atoms with Crippen LogP contribution >= 0.6 is 11.6 Å². The molecule has 1 aromatic carbocycles. The topological polar surface area (TPSA) is 58.2 Å². The average molecular weight is 265 g/mol. The minimum Gasteiger partial charge on any atom is -0.313 e. The maximum absolute atomic E-state index is 13.4. The summed E-state index contributed by atoms with van der Waals surface area (Å²) in [6.45, 7) is 1.13. The van der Waals surface area contributed by atoms with Gasteiger partial charge in [-0.1, -0.05) is 11.6 Å². The van der Waals surface area contributed by atoms with Crippen LogP contribution in [-0.2, 0) is 10.0 Å². The van der Waals surface area contributed by atoms with Crippen molar-refractivity contribution < 1.29 is 12.8 Å². The zero-order valence-electron chi connectivity index (χ0n) is 8.20. The lowest BCUT2D eigenvalue weighted by Gasteiger charge is -2.27. The van der Waals surface area contributed by atoms with E-state index in [1.807, 2.05) is 0 Å². The number of benzene rings is 1. The summed E-state index contributed by atoms with van der Waals surface area (Å²) in [6.07, 6.45) is 0. The summed E-state index contributed by atoms with van der Waals surface area (Å²) in [5, 5.41) is 3.09. The third-order valence-corrected chi connectivity index (χ3v) is 4.08. The maximum Gasteiger partial charge on any atom is 0.243 e. The lowest BCUT2D eigenvalue weighted by molar-refractivity contribution is 0.409. The molecule has 1 saturated heterocycles. The van der Waals surface area contributed by atoms with E-state index in [0.29, 0.717) is 13.1 Å². The van der Waals surface area contributed by atoms with Crippen molar-refractivity contribution in [2.45, 2.75) is 10.9 Å². The van der Waals surface area contributed by atoms with E-state index < -0.39 is 15.8 Å². The van der Waals surface area contributed by atoms with E-state index in [-0.39, 0.29) is 16.0 Å². The molecule has 0 saturated carbocycles. The van der Waals surface area contributed by atoms with Gasteiger partial charge in [-0.25, -0.2) is 17.5 Å². The van der Waals surface area contributed by atoms with Crippen molar-refractivity contribution in [2.24, 2.45) is 0 Å². The number of rotatable bonds is 3. The Labute approximate surface area is 97.8 Å². The summed E-state index contributed by atoms with van der Waals surface area (Å²) in [6, 6.07) is 3.32. The Kier molecular flexibility index (Phi) is 3.16. The van der Waals surface area contributed by atoms with Crippen molar-refractivity contribution in [3.8, 4) is 0 Å². The third-order valence-electron chi connectivity index (χ3n) is 2.29. The normalized spacial score (nSPS) is 17.1. The van der Waals surface area contributed by atoms with E-state index in [0.717, 1.165) is 12.1 Å². The maximum atomic E-state index is 13.4. The van der Waals surface area contributed by atoms with E-state index in [1.165, 1.54) is 6.07 Å². The average Bonchev–Trinajstić information content (AvgIpc) is 2.11. The van der Waals surface area contributed by atoms with Crippen molar-refractivity contribution in [3.63, 3.8) is 0 Å². The fraction of sp³-hybridized carbons (Fsp3) is 0.333. The van der Waals surface area contributed by atoms with Gasteiger partial charge in [-0.2, -0.15) is 0 Å². The second-order valence-corrected chi connectivity index (χ2v) is 5.67. The highest BCUT2D eigenvalue weighted by atomic mass is 35.5. The summed E-state index contributed by atoms with van der Waals surface area (Å²) in [5.74, 6) is -0.840. The second kappa shape index (κ2) is 4.29. The molecule has 1 aliphatic heterocycles. The Morgan fingerprint density at radius 3 is 2.62 bits per heavy atom. The first kappa shape index (κ1) is 11.8. The summed E-state index contributed by atoms with van der Waals surface area (Å²) in [5.41, 5.74) is 0. The molecule has 0 aliphatic carbocycles.